The number of phenols is 1. The number of fused-ring (bicyclic) bond motifs is 1. The van der Waals surface area contributed by atoms with E-state index >= 15 is 4.39 Å². The molecule has 33 heavy (non-hydrogen) atoms. The number of nitrogens with zero attached hydrogens (tertiary/aromatic N) is 4. The number of hydrogen-bond acceptors (Lipinski definition) is 5. The summed E-state index contributed by atoms with van der Waals surface area (Å²) in [5.74, 6) is -2.12. The monoisotopic (exact) mass is 474 g/mol. The van der Waals surface area contributed by atoms with E-state index in [0.717, 1.165) is 6.07 Å². The summed E-state index contributed by atoms with van der Waals surface area (Å²) in [4.78, 5) is 22.3. The van der Waals surface area contributed by atoms with Crippen LogP contribution >= 0.6 is 11.6 Å². The first kappa shape index (κ1) is 23.2. The van der Waals surface area contributed by atoms with Crippen LogP contribution in [0.3, 0.4) is 0 Å². The van der Waals surface area contributed by atoms with Crippen molar-refractivity contribution in [2.24, 2.45) is 4.99 Å². The van der Waals surface area contributed by atoms with Gasteiger partial charge in [-0.05, 0) is 38.1 Å². The third-order valence-electron chi connectivity index (χ3n) is 6.22. The van der Waals surface area contributed by atoms with E-state index in [-0.39, 0.29) is 39.8 Å². The number of carbonyl (C=O) groups excluding carboxylic acids is 1. The predicted molar refractivity (Wildman–Crippen MR) is 125 cm³/mol. The van der Waals surface area contributed by atoms with Crippen LogP contribution in [0.5, 0.6) is 5.75 Å². The molecule has 0 radical (unpaired) electrons. The zero-order valence-corrected chi connectivity index (χ0v) is 19.4. The molecule has 0 saturated carbocycles. The van der Waals surface area contributed by atoms with Crippen molar-refractivity contribution in [3.8, 4) is 16.9 Å². The van der Waals surface area contributed by atoms with Crippen molar-refractivity contribution >= 4 is 29.5 Å². The van der Waals surface area contributed by atoms with E-state index in [1.165, 1.54) is 24.5 Å². The van der Waals surface area contributed by atoms with E-state index < -0.39 is 23.5 Å². The van der Waals surface area contributed by atoms with E-state index in [1.54, 1.807) is 11.0 Å². The molecule has 2 heterocycles. The molecule has 6 nitrogen and oxygen atoms in total. The summed E-state index contributed by atoms with van der Waals surface area (Å²) in [6, 6.07) is 5.14. The van der Waals surface area contributed by atoms with Crippen LogP contribution in [0.1, 0.15) is 25.6 Å². The summed E-state index contributed by atoms with van der Waals surface area (Å²) in [7, 11) is 1.83. The summed E-state index contributed by atoms with van der Waals surface area (Å²) in [6.45, 7) is 8.59. The summed E-state index contributed by atoms with van der Waals surface area (Å²) in [5, 5.41) is 10.2. The molecule has 1 unspecified atom stereocenters. The number of piperazine rings is 1. The van der Waals surface area contributed by atoms with Gasteiger partial charge in [0.25, 0.3) is 0 Å². The van der Waals surface area contributed by atoms with E-state index in [4.69, 9.17) is 11.6 Å². The van der Waals surface area contributed by atoms with Crippen molar-refractivity contribution in [3.63, 3.8) is 0 Å². The Labute approximate surface area is 196 Å². The Balaban J connectivity index is 1.78. The second-order valence-electron chi connectivity index (χ2n) is 8.50. The molecular weight excluding hydrogens is 450 g/mol. The topological polar surface area (TPSA) is 59.4 Å². The smallest absolute Gasteiger partial charge is 0.246 e. The fraction of sp³-hybridized carbons (Fsp3) is 0.333. The van der Waals surface area contributed by atoms with Crippen LogP contribution in [0.4, 0.5) is 14.5 Å². The number of amides is 1. The highest BCUT2D eigenvalue weighted by Crippen LogP contribution is 2.46. The summed E-state index contributed by atoms with van der Waals surface area (Å²) in [6.07, 6.45) is 2.44. The Bertz CT molecular complexity index is 1120. The molecule has 9 heteroatoms. The Morgan fingerprint density at radius 3 is 2.52 bits per heavy atom. The SMILES string of the molecule is C=CC(=O)N1[C@@H](C)CN(C2c3cc(Cl)c(-c4c(O)cccc4F)c(F)c3N=CN2C)C[C@@H]1C. The average molecular weight is 475 g/mol. The lowest BCUT2D eigenvalue weighted by Gasteiger charge is -2.49. The number of carbonyl (C=O) groups is 1. The molecule has 0 aliphatic carbocycles. The number of phenolic OH excluding ortho intramolecular Hbond substituents is 1. The number of benzene rings is 2. The second-order valence-corrected chi connectivity index (χ2v) is 8.91. The molecule has 174 valence electrons. The van der Waals surface area contributed by atoms with Crippen LogP contribution in [0.2, 0.25) is 5.02 Å². The van der Waals surface area contributed by atoms with Gasteiger partial charge in [-0.3, -0.25) is 9.69 Å². The number of aliphatic imine (C=N–C) groups is 1. The highest BCUT2D eigenvalue weighted by Gasteiger charge is 2.39. The van der Waals surface area contributed by atoms with Gasteiger partial charge in [0.15, 0.2) is 5.82 Å². The first-order chi connectivity index (χ1) is 15.6. The lowest BCUT2D eigenvalue weighted by molar-refractivity contribution is -0.135. The first-order valence-corrected chi connectivity index (χ1v) is 11.0. The maximum atomic E-state index is 15.7. The molecule has 0 bridgehead atoms. The number of rotatable bonds is 3. The van der Waals surface area contributed by atoms with Crippen LogP contribution in [0.25, 0.3) is 11.1 Å². The fourth-order valence-corrected chi connectivity index (χ4v) is 5.23. The summed E-state index contributed by atoms with van der Waals surface area (Å²) in [5.41, 5.74) is 0.0527. The van der Waals surface area contributed by atoms with Crippen LogP contribution in [0.15, 0.2) is 41.9 Å². The minimum absolute atomic E-state index is 0.0243. The fourth-order valence-electron chi connectivity index (χ4n) is 4.93. The van der Waals surface area contributed by atoms with Gasteiger partial charge < -0.3 is 14.9 Å². The van der Waals surface area contributed by atoms with Gasteiger partial charge in [-0.15, -0.1) is 0 Å². The van der Waals surface area contributed by atoms with E-state index in [1.807, 2.05) is 25.8 Å². The molecule has 1 amide bonds. The Kier molecular flexibility index (Phi) is 6.16. The van der Waals surface area contributed by atoms with Gasteiger partial charge in [0.05, 0.1) is 16.9 Å². The highest BCUT2D eigenvalue weighted by atomic mass is 35.5. The molecule has 1 saturated heterocycles. The van der Waals surface area contributed by atoms with Gasteiger partial charge in [0.2, 0.25) is 5.91 Å². The molecule has 2 aromatic carbocycles. The quantitative estimate of drug-likeness (QED) is 0.655. The molecular formula is C24H25ClF2N4O2. The molecule has 4 rings (SSSR count). The molecule has 1 N–H and O–H groups in total. The van der Waals surface area contributed by atoms with Gasteiger partial charge in [0.1, 0.15) is 23.4 Å². The molecule has 0 aromatic heterocycles. The first-order valence-electron chi connectivity index (χ1n) is 10.6. The Morgan fingerprint density at radius 2 is 1.91 bits per heavy atom. The standard InChI is InChI=1S/C24H25ClF2N4O2/c1-5-19(33)31-13(2)10-30(11-14(31)3)24-15-9-16(25)20(21-17(26)7-6-8-18(21)32)22(27)23(15)28-12-29(24)4/h5-9,12-14,24,32H,1,10-11H2,2-4H3/t13-,14-,24?/m0/s1. The van der Waals surface area contributed by atoms with Crippen molar-refractivity contribution < 1.29 is 18.7 Å². The minimum Gasteiger partial charge on any atom is -0.507 e. The normalized spacial score (nSPS) is 22.9. The molecule has 1 fully saturated rings. The lowest BCUT2D eigenvalue weighted by Crippen LogP contribution is -2.60. The number of halogens is 3. The molecule has 0 spiro atoms. The van der Waals surface area contributed by atoms with Crippen molar-refractivity contribution in [1.82, 2.24) is 14.7 Å². The Hall–Kier alpha value is -2.97. The van der Waals surface area contributed by atoms with E-state index in [9.17, 15) is 14.3 Å². The highest BCUT2D eigenvalue weighted by molar-refractivity contribution is 6.33. The molecule has 2 aromatic rings. The maximum absolute atomic E-state index is 15.7. The largest absolute Gasteiger partial charge is 0.507 e. The minimum atomic E-state index is -0.797. The molecule has 2 aliphatic rings. The van der Waals surface area contributed by atoms with Crippen molar-refractivity contribution in [1.29, 1.82) is 0 Å². The lowest BCUT2D eigenvalue weighted by atomic mass is 9.96. The molecule has 3 atom stereocenters. The van der Waals surface area contributed by atoms with Crippen molar-refractivity contribution in [2.45, 2.75) is 32.1 Å². The predicted octanol–water partition coefficient (Wildman–Crippen LogP) is 4.70. The van der Waals surface area contributed by atoms with Gasteiger partial charge in [-0.1, -0.05) is 24.2 Å². The average Bonchev–Trinajstić information content (AvgIpc) is 2.74. The summed E-state index contributed by atoms with van der Waals surface area (Å²) >= 11 is 6.47. The Morgan fingerprint density at radius 1 is 1.24 bits per heavy atom. The zero-order valence-electron chi connectivity index (χ0n) is 18.6. The van der Waals surface area contributed by atoms with Gasteiger partial charge >= 0.3 is 0 Å². The summed E-state index contributed by atoms with van der Waals surface area (Å²) < 4.78 is 30.2. The third kappa shape index (κ3) is 3.87. The van der Waals surface area contributed by atoms with Crippen LogP contribution < -0.4 is 0 Å². The second kappa shape index (κ2) is 8.76. The number of aromatic hydroxyl groups is 1. The third-order valence-corrected chi connectivity index (χ3v) is 6.52. The molecule has 2 aliphatic heterocycles. The van der Waals surface area contributed by atoms with Crippen molar-refractivity contribution in [2.75, 3.05) is 20.1 Å². The van der Waals surface area contributed by atoms with Crippen LogP contribution in [0, 0.1) is 11.6 Å². The van der Waals surface area contributed by atoms with E-state index in [0.29, 0.717) is 18.7 Å². The van der Waals surface area contributed by atoms with Crippen molar-refractivity contribution in [3.05, 3.63) is 59.1 Å². The van der Waals surface area contributed by atoms with Crippen LogP contribution in [-0.2, 0) is 4.79 Å². The zero-order chi connectivity index (χ0) is 24.0. The van der Waals surface area contributed by atoms with Crippen LogP contribution in [-0.4, -0.2) is 64.3 Å². The van der Waals surface area contributed by atoms with Gasteiger partial charge in [0, 0.05) is 43.3 Å². The maximum Gasteiger partial charge on any atom is 0.246 e. The van der Waals surface area contributed by atoms with E-state index in [2.05, 4.69) is 16.5 Å². The van der Waals surface area contributed by atoms with Gasteiger partial charge in [-0.25, -0.2) is 13.8 Å². The number of hydrogen-bond donors (Lipinski definition) is 1. The van der Waals surface area contributed by atoms with Gasteiger partial charge in [-0.2, -0.15) is 0 Å².